The molecule has 0 unspecified atom stereocenters. The number of anilines is 1. The molecule has 8 radical (unpaired) electrons. The van der Waals surface area contributed by atoms with Crippen LogP contribution in [0.4, 0.5) is 10.2 Å². The van der Waals surface area contributed by atoms with Gasteiger partial charge in [-0.25, -0.2) is 5.10 Å². The molecule has 0 atom stereocenters. The number of nitrogens with one attached hydrogen (secondary N) is 1. The minimum atomic E-state index is -2.97. The van der Waals surface area contributed by atoms with E-state index in [9.17, 15) is 14.0 Å². The number of hydrogen-bond acceptors (Lipinski definition) is 6. The minimum absolute atomic E-state index is 0.0636. The minimum Gasteiger partial charge on any atom is -0.504 e. The first-order valence-electron chi connectivity index (χ1n) is 9.65. The van der Waals surface area contributed by atoms with Crippen molar-refractivity contribution in [3.63, 3.8) is 0 Å². The Kier molecular flexibility index (Phi) is 5.82. The normalized spacial score (nSPS) is 13.6. The van der Waals surface area contributed by atoms with E-state index in [2.05, 4.69) is 15.2 Å². The van der Waals surface area contributed by atoms with E-state index in [1.165, 1.54) is 29.3 Å². The molecule has 1 N–H and O–H groups in total. The topological polar surface area (TPSA) is 97.4 Å². The van der Waals surface area contributed by atoms with Crippen LogP contribution >= 0.6 is 0 Å². The molecule has 156 valence electrons. The van der Waals surface area contributed by atoms with Crippen LogP contribution in [0.15, 0.2) is 53.5 Å². The molecular formula is C20H13B4FN4O4. The summed E-state index contributed by atoms with van der Waals surface area (Å²) in [6, 6.07) is 10.9. The largest absolute Gasteiger partial charge is 0.504 e. The number of halogens is 1. The second-order valence-corrected chi connectivity index (χ2v) is 7.43. The number of carbonyl (C=O) groups excluding carboxylic acids is 1. The molecule has 1 aliphatic heterocycles. The Labute approximate surface area is 193 Å². The first-order chi connectivity index (χ1) is 15.5. The average Bonchev–Trinajstić information content (AvgIpc) is 3.08. The van der Waals surface area contributed by atoms with Crippen LogP contribution in [-0.4, -0.2) is 63.3 Å². The third kappa shape index (κ3) is 4.81. The van der Waals surface area contributed by atoms with Crippen LogP contribution in [0, 0.1) is 0 Å². The van der Waals surface area contributed by atoms with Gasteiger partial charge in [0.25, 0.3) is 11.5 Å². The number of rotatable bonds is 7. The number of nitrogens with zero attached hydrogens (tertiary/aromatic N) is 3. The molecule has 13 heteroatoms. The van der Waals surface area contributed by atoms with E-state index >= 15 is 0 Å². The van der Waals surface area contributed by atoms with Crippen molar-refractivity contribution in [3.8, 4) is 11.5 Å². The predicted molar refractivity (Wildman–Crippen MR) is 121 cm³/mol. The number of H-pyrrole nitrogens is 1. The number of pyridine rings is 1. The first kappa shape index (κ1) is 22.7. The van der Waals surface area contributed by atoms with E-state index < -0.39 is 10.9 Å². The summed E-state index contributed by atoms with van der Waals surface area (Å²) in [4.78, 5) is 29.4. The Balaban J connectivity index is 1.40. The number of aromatic nitrogens is 3. The molecular weight excluding hydrogens is 422 g/mol. The van der Waals surface area contributed by atoms with Crippen LogP contribution in [0.3, 0.4) is 0 Å². The fraction of sp³-hybridized carbons (Fsp3) is 0.200. The highest BCUT2D eigenvalue weighted by Gasteiger charge is 2.36. The average molecular weight is 436 g/mol. The first-order valence-corrected chi connectivity index (χ1v) is 9.65. The van der Waals surface area contributed by atoms with Gasteiger partial charge in [0.15, 0.2) is 5.82 Å². The zero-order valence-corrected chi connectivity index (χ0v) is 17.2. The Morgan fingerprint density at radius 3 is 2.45 bits per heavy atom. The van der Waals surface area contributed by atoms with Crippen LogP contribution < -0.4 is 19.9 Å². The van der Waals surface area contributed by atoms with Crippen molar-refractivity contribution >= 4 is 43.1 Å². The third-order valence-electron chi connectivity index (χ3n) is 4.89. The molecule has 4 rings (SSSR count). The van der Waals surface area contributed by atoms with E-state index in [0.717, 1.165) is 5.56 Å². The van der Waals surface area contributed by atoms with Crippen LogP contribution in [-0.2, 0) is 13.2 Å². The smallest absolute Gasteiger partial charge is 0.264 e. The van der Waals surface area contributed by atoms with Gasteiger partial charge in [-0.2, -0.15) is 5.10 Å². The fourth-order valence-corrected chi connectivity index (χ4v) is 3.05. The van der Waals surface area contributed by atoms with Gasteiger partial charge in [0, 0.05) is 17.0 Å². The highest BCUT2D eigenvalue weighted by molar-refractivity contribution is 6.53. The summed E-state index contributed by atoms with van der Waals surface area (Å²) in [5, 5.41) is 3.76. The standard InChI is InChI=1S/C20H13B4FN4O4/c21-19(22,25)20(23,24)33-14-2-1-12(26-8-14)10-32-13-3-4-15-11(7-13)9-29(18(15)31)16-5-6-17(30)28-27-16/h1-8H,9-10H2,(H,28,30). The van der Waals surface area contributed by atoms with E-state index in [-0.39, 0.29) is 30.4 Å². The van der Waals surface area contributed by atoms with Crippen molar-refractivity contribution in [3.05, 3.63) is 75.8 Å². The number of ether oxygens (including phenoxy) is 2. The van der Waals surface area contributed by atoms with E-state index in [1.807, 2.05) is 0 Å². The van der Waals surface area contributed by atoms with Crippen LogP contribution in [0.1, 0.15) is 21.6 Å². The van der Waals surface area contributed by atoms with Gasteiger partial charge >= 0.3 is 0 Å². The molecule has 33 heavy (non-hydrogen) atoms. The summed E-state index contributed by atoms with van der Waals surface area (Å²) in [6.45, 7) is 0.391. The Hall–Kier alpha value is -3.49. The molecule has 0 saturated heterocycles. The molecule has 1 amide bonds. The molecule has 0 aliphatic carbocycles. The van der Waals surface area contributed by atoms with Crippen LogP contribution in [0.25, 0.3) is 0 Å². The number of aromatic amines is 1. The monoisotopic (exact) mass is 436 g/mol. The molecule has 0 fully saturated rings. The van der Waals surface area contributed by atoms with Gasteiger partial charge < -0.3 is 9.47 Å². The Morgan fingerprint density at radius 2 is 1.82 bits per heavy atom. The SMILES string of the molecule is [B]C([B])(F)C([B])([B])Oc1ccc(COc2ccc3c(c2)CN(c2ccc(=O)[nH]n2)C3=O)nc1. The maximum Gasteiger partial charge on any atom is 0.264 e. The van der Waals surface area contributed by atoms with Gasteiger partial charge in [-0.1, -0.05) is 0 Å². The number of carbonyl (C=O) groups is 1. The highest BCUT2D eigenvalue weighted by atomic mass is 19.1. The van der Waals surface area contributed by atoms with Gasteiger partial charge in [0.05, 0.1) is 23.9 Å². The van der Waals surface area contributed by atoms with Crippen molar-refractivity contribution in [1.82, 2.24) is 15.2 Å². The summed E-state index contributed by atoms with van der Waals surface area (Å²) >= 11 is 0. The van der Waals surface area contributed by atoms with Crippen LogP contribution in [0.5, 0.6) is 11.5 Å². The van der Waals surface area contributed by atoms with Gasteiger partial charge in [0.2, 0.25) is 0 Å². The van der Waals surface area contributed by atoms with Gasteiger partial charge in [-0.15, -0.1) is 0 Å². The molecule has 1 aliphatic rings. The lowest BCUT2D eigenvalue weighted by Crippen LogP contribution is -2.57. The van der Waals surface area contributed by atoms with Crippen molar-refractivity contribution in [2.24, 2.45) is 0 Å². The number of alkyl halides is 1. The zero-order valence-electron chi connectivity index (χ0n) is 17.2. The van der Waals surface area contributed by atoms with Gasteiger partial charge in [0.1, 0.15) is 49.5 Å². The quantitative estimate of drug-likeness (QED) is 0.534. The number of benzene rings is 1. The predicted octanol–water partition coefficient (Wildman–Crippen LogP) is 0.234. The number of amides is 1. The lowest BCUT2D eigenvalue weighted by Gasteiger charge is -2.38. The van der Waals surface area contributed by atoms with Gasteiger partial charge in [-0.3, -0.25) is 23.9 Å². The summed E-state index contributed by atoms with van der Waals surface area (Å²) < 4.78 is 24.4. The second kappa shape index (κ2) is 8.46. The van der Waals surface area contributed by atoms with Gasteiger partial charge in [-0.05, 0) is 42.0 Å². The molecule has 3 aromatic rings. The third-order valence-corrected chi connectivity index (χ3v) is 4.89. The molecule has 2 aromatic heterocycles. The van der Waals surface area contributed by atoms with E-state index in [1.54, 1.807) is 24.3 Å². The molecule has 3 heterocycles. The van der Waals surface area contributed by atoms with Crippen molar-refractivity contribution in [1.29, 1.82) is 0 Å². The molecule has 1 aromatic carbocycles. The van der Waals surface area contributed by atoms with Crippen molar-refractivity contribution in [2.75, 3.05) is 4.90 Å². The maximum absolute atomic E-state index is 13.6. The van der Waals surface area contributed by atoms with Crippen LogP contribution in [0.2, 0.25) is 0 Å². The van der Waals surface area contributed by atoms with Crippen molar-refractivity contribution < 1.29 is 18.7 Å². The van der Waals surface area contributed by atoms with Crippen molar-refractivity contribution in [2.45, 2.75) is 24.0 Å². The Morgan fingerprint density at radius 1 is 1.06 bits per heavy atom. The summed E-state index contributed by atoms with van der Waals surface area (Å²) in [5.41, 5.74) is -1.52. The summed E-state index contributed by atoms with van der Waals surface area (Å²) in [7, 11) is 21.0. The molecule has 0 spiro atoms. The number of fused-ring (bicyclic) bond motifs is 1. The maximum atomic E-state index is 13.6. The summed E-state index contributed by atoms with van der Waals surface area (Å²) in [6.07, 6.45) is 1.27. The molecule has 0 bridgehead atoms. The van der Waals surface area contributed by atoms with E-state index in [0.29, 0.717) is 22.8 Å². The lowest BCUT2D eigenvalue weighted by atomic mass is 9.43. The molecule has 8 nitrogen and oxygen atoms in total. The zero-order chi connectivity index (χ0) is 23.8. The molecule has 0 saturated carbocycles. The Bertz CT molecular complexity index is 1230. The second-order valence-electron chi connectivity index (χ2n) is 7.43. The lowest BCUT2D eigenvalue weighted by molar-refractivity contribution is 0.0995. The van der Waals surface area contributed by atoms with E-state index in [4.69, 9.17) is 40.9 Å². The number of hydrogen-bond donors (Lipinski definition) is 1. The summed E-state index contributed by atoms with van der Waals surface area (Å²) in [5.74, 6) is 0.708. The highest BCUT2D eigenvalue weighted by Crippen LogP contribution is 2.30. The fourth-order valence-electron chi connectivity index (χ4n) is 3.05.